The Kier molecular flexibility index (Phi) is 7.70. The molecule has 11 aromatic rings. The lowest BCUT2D eigenvalue weighted by atomic mass is 9.70. The lowest BCUT2D eigenvalue weighted by Gasteiger charge is -2.30. The van der Waals surface area contributed by atoms with Crippen molar-refractivity contribution in [2.24, 2.45) is 0 Å². The minimum atomic E-state index is -0.381. The summed E-state index contributed by atoms with van der Waals surface area (Å²) >= 11 is 0. The maximum atomic E-state index is 6.47. The average Bonchev–Trinajstić information content (AvgIpc) is 4.06. The van der Waals surface area contributed by atoms with Crippen LogP contribution in [0.15, 0.2) is 229 Å². The maximum absolute atomic E-state index is 6.47. The first-order valence-electron chi connectivity index (χ1n) is 23.1. The molecule has 1 heterocycles. The molecule has 0 fully saturated rings. The molecule has 0 bridgehead atoms. The van der Waals surface area contributed by atoms with Crippen LogP contribution in [-0.4, -0.2) is 0 Å². The summed E-state index contributed by atoms with van der Waals surface area (Å²) in [5.41, 5.74) is 25.5. The van der Waals surface area contributed by atoms with Gasteiger partial charge in [0.2, 0.25) is 0 Å². The van der Waals surface area contributed by atoms with E-state index in [9.17, 15) is 0 Å². The number of rotatable bonds is 5. The van der Waals surface area contributed by atoms with E-state index in [1.807, 2.05) is 12.1 Å². The number of fused-ring (bicyclic) bond motifs is 16. The van der Waals surface area contributed by atoms with Crippen LogP contribution in [0.2, 0.25) is 0 Å². The van der Waals surface area contributed by atoms with Crippen LogP contribution in [0.4, 0.5) is 17.1 Å². The molecular weight excluding hydrogens is 799 g/mol. The summed E-state index contributed by atoms with van der Waals surface area (Å²) in [6.07, 6.45) is 0. The Bertz CT molecular complexity index is 3750. The molecule has 0 atom stereocenters. The first-order valence-corrected chi connectivity index (χ1v) is 23.1. The van der Waals surface area contributed by atoms with Gasteiger partial charge in [0.15, 0.2) is 0 Å². The van der Waals surface area contributed by atoms with E-state index in [0.717, 1.165) is 39.0 Å². The zero-order valence-corrected chi connectivity index (χ0v) is 36.7. The molecule has 66 heavy (non-hydrogen) atoms. The number of hydrogen-bond donors (Lipinski definition) is 0. The fraction of sp³-hybridized carbons (Fsp3) is 0.0625. The zero-order chi connectivity index (χ0) is 43.7. The molecule has 2 nitrogen and oxygen atoms in total. The first-order chi connectivity index (χ1) is 32.5. The minimum absolute atomic E-state index is 0.0574. The molecule has 3 aliphatic carbocycles. The van der Waals surface area contributed by atoms with E-state index < -0.39 is 0 Å². The van der Waals surface area contributed by atoms with Crippen LogP contribution in [0.3, 0.4) is 0 Å². The van der Waals surface area contributed by atoms with Gasteiger partial charge >= 0.3 is 0 Å². The summed E-state index contributed by atoms with van der Waals surface area (Å²) < 4.78 is 6.47. The second-order valence-electron chi connectivity index (χ2n) is 18.8. The van der Waals surface area contributed by atoms with Gasteiger partial charge in [0.05, 0.1) is 5.41 Å². The molecule has 310 valence electrons. The number of anilines is 3. The van der Waals surface area contributed by atoms with Crippen LogP contribution in [0.25, 0.3) is 77.6 Å². The van der Waals surface area contributed by atoms with Gasteiger partial charge in [-0.25, -0.2) is 0 Å². The van der Waals surface area contributed by atoms with Crippen molar-refractivity contribution in [1.29, 1.82) is 0 Å². The zero-order valence-electron chi connectivity index (χ0n) is 36.7. The Morgan fingerprint density at radius 1 is 0.318 bits per heavy atom. The summed E-state index contributed by atoms with van der Waals surface area (Å²) in [4.78, 5) is 2.36. The van der Waals surface area contributed by atoms with E-state index in [0.29, 0.717) is 0 Å². The van der Waals surface area contributed by atoms with Crippen LogP contribution < -0.4 is 4.90 Å². The van der Waals surface area contributed by atoms with Gasteiger partial charge in [-0.05, 0) is 138 Å². The summed E-state index contributed by atoms with van der Waals surface area (Å²) in [6.45, 7) is 4.70. The largest absolute Gasteiger partial charge is 0.456 e. The number of benzene rings is 10. The smallest absolute Gasteiger partial charge is 0.137 e. The molecule has 1 spiro atoms. The third-order valence-corrected chi connectivity index (χ3v) is 15.1. The van der Waals surface area contributed by atoms with Crippen molar-refractivity contribution >= 4 is 39.0 Å². The highest BCUT2D eigenvalue weighted by Crippen LogP contribution is 2.64. The highest BCUT2D eigenvalue weighted by Gasteiger charge is 2.52. The molecule has 0 amide bonds. The Morgan fingerprint density at radius 2 is 0.803 bits per heavy atom. The van der Waals surface area contributed by atoms with Crippen LogP contribution in [-0.2, 0) is 10.8 Å². The molecule has 1 aromatic heterocycles. The minimum Gasteiger partial charge on any atom is -0.456 e. The highest BCUT2D eigenvalue weighted by atomic mass is 16.3. The molecule has 0 aliphatic heterocycles. The maximum Gasteiger partial charge on any atom is 0.137 e. The van der Waals surface area contributed by atoms with E-state index in [1.54, 1.807) is 0 Å². The van der Waals surface area contributed by atoms with E-state index in [4.69, 9.17) is 4.42 Å². The van der Waals surface area contributed by atoms with Crippen molar-refractivity contribution in [1.82, 2.24) is 0 Å². The Morgan fingerprint density at radius 3 is 1.50 bits per heavy atom. The molecule has 0 unspecified atom stereocenters. The number of hydrogen-bond acceptors (Lipinski definition) is 2. The SMILES string of the molecule is CC1(C)c2ccccc2-c2ccc(-c3ccc(N(c4ccc(-c5cccc6c5-c5ccccc5C65c6ccccc6-c6ccccc65)cc4)c4ccc5c(c4)oc4ccccc45)cc3)cc21. The van der Waals surface area contributed by atoms with Gasteiger partial charge in [-0.2, -0.15) is 0 Å². The molecule has 0 saturated carbocycles. The third-order valence-electron chi connectivity index (χ3n) is 15.1. The number of nitrogens with zero attached hydrogens (tertiary/aromatic N) is 1. The van der Waals surface area contributed by atoms with Crippen molar-refractivity contribution in [3.05, 3.63) is 258 Å². The molecular formula is C64H43NO. The predicted octanol–water partition coefficient (Wildman–Crippen LogP) is 17.0. The summed E-state index contributed by atoms with van der Waals surface area (Å²) in [5.74, 6) is 0. The monoisotopic (exact) mass is 841 g/mol. The number of para-hydroxylation sites is 1. The van der Waals surface area contributed by atoms with E-state index in [1.165, 1.54) is 89.0 Å². The van der Waals surface area contributed by atoms with Crippen molar-refractivity contribution in [2.75, 3.05) is 4.90 Å². The van der Waals surface area contributed by atoms with Crippen molar-refractivity contribution < 1.29 is 4.42 Å². The summed E-state index contributed by atoms with van der Waals surface area (Å²) in [6, 6.07) is 83.1. The summed E-state index contributed by atoms with van der Waals surface area (Å²) in [5, 5.41) is 2.24. The van der Waals surface area contributed by atoms with Gasteiger partial charge in [0.1, 0.15) is 11.2 Å². The lowest BCUT2D eigenvalue weighted by Crippen LogP contribution is -2.25. The van der Waals surface area contributed by atoms with Crippen molar-refractivity contribution in [2.45, 2.75) is 24.7 Å². The molecule has 10 aromatic carbocycles. The lowest BCUT2D eigenvalue weighted by molar-refractivity contribution is 0.660. The molecule has 2 heteroatoms. The second-order valence-corrected chi connectivity index (χ2v) is 18.8. The van der Waals surface area contributed by atoms with Crippen LogP contribution >= 0.6 is 0 Å². The fourth-order valence-electron chi connectivity index (χ4n) is 12.2. The quantitative estimate of drug-likeness (QED) is 0.172. The number of furan rings is 1. The fourth-order valence-corrected chi connectivity index (χ4v) is 12.2. The van der Waals surface area contributed by atoms with Gasteiger partial charge in [0, 0.05) is 39.3 Å². The standard InChI is InChI=1S/C64H43NO/c1-63(2)54-20-8-3-14-47(54)50-36-30-42(38-59(50)63)40-26-31-43(32-27-40)65(45-35-37-52-51-17-7-12-25-60(51)66-61(52)39-45)44-33-28-41(29-34-44)46-19-13-24-58-62(46)53-18-6-11-23-57(53)64(58)55-21-9-4-15-48(55)49-16-5-10-22-56(49)64/h3-39H,1-2H3. The van der Waals surface area contributed by atoms with Gasteiger partial charge < -0.3 is 9.32 Å². The van der Waals surface area contributed by atoms with Crippen molar-refractivity contribution in [3.63, 3.8) is 0 Å². The highest BCUT2D eigenvalue weighted by molar-refractivity contribution is 6.06. The molecule has 0 N–H and O–H groups in total. The van der Waals surface area contributed by atoms with Gasteiger partial charge in [-0.1, -0.05) is 184 Å². The molecule has 0 radical (unpaired) electrons. The first kappa shape index (κ1) is 37.2. The van der Waals surface area contributed by atoms with Crippen LogP contribution in [0.1, 0.15) is 47.2 Å². The van der Waals surface area contributed by atoms with E-state index in [2.05, 4.69) is 231 Å². The van der Waals surface area contributed by atoms with E-state index >= 15 is 0 Å². The Hall–Kier alpha value is -8.20. The van der Waals surface area contributed by atoms with Gasteiger partial charge in [-0.15, -0.1) is 0 Å². The second kappa shape index (κ2) is 13.7. The van der Waals surface area contributed by atoms with Crippen LogP contribution in [0, 0.1) is 0 Å². The molecule has 0 saturated heterocycles. The van der Waals surface area contributed by atoms with Crippen molar-refractivity contribution in [3.8, 4) is 55.6 Å². The summed E-state index contributed by atoms with van der Waals surface area (Å²) in [7, 11) is 0. The van der Waals surface area contributed by atoms with Crippen LogP contribution in [0.5, 0.6) is 0 Å². The topological polar surface area (TPSA) is 16.4 Å². The Labute approximate surface area is 384 Å². The van der Waals surface area contributed by atoms with Gasteiger partial charge in [0.25, 0.3) is 0 Å². The molecule has 3 aliphatic rings. The predicted molar refractivity (Wildman–Crippen MR) is 273 cm³/mol. The van der Waals surface area contributed by atoms with E-state index in [-0.39, 0.29) is 10.8 Å². The normalized spacial score (nSPS) is 14.2. The van der Waals surface area contributed by atoms with Gasteiger partial charge in [-0.3, -0.25) is 0 Å². The molecule has 14 rings (SSSR count). The average molecular weight is 842 g/mol. The Balaban J connectivity index is 0.888. The third kappa shape index (κ3) is 5.01.